The summed E-state index contributed by atoms with van der Waals surface area (Å²) < 4.78 is 24.4. The molecule has 0 saturated heterocycles. The zero-order chi connectivity index (χ0) is 29.8. The summed E-state index contributed by atoms with van der Waals surface area (Å²) in [5.41, 5.74) is 1.33. The molecule has 2 aromatic rings. The Morgan fingerprint density at radius 2 is 1.07 bits per heavy atom. The molecule has 0 aliphatic heterocycles. The van der Waals surface area contributed by atoms with Crippen LogP contribution in [0.1, 0.15) is 60.0 Å². The molecule has 1 fully saturated rings. The molecule has 0 unspecified atom stereocenters. The van der Waals surface area contributed by atoms with Gasteiger partial charge >= 0.3 is 12.1 Å². The first-order valence-corrected chi connectivity index (χ1v) is 14.6. The van der Waals surface area contributed by atoms with Crippen molar-refractivity contribution in [3.8, 4) is 0 Å². The molecule has 40 heavy (non-hydrogen) atoms. The lowest BCUT2D eigenvalue weighted by atomic mass is 9.90. The van der Waals surface area contributed by atoms with Gasteiger partial charge in [0, 0.05) is 0 Å². The van der Waals surface area contributed by atoms with Gasteiger partial charge in [0.25, 0.3) is 0 Å². The van der Waals surface area contributed by atoms with Gasteiger partial charge in [0.1, 0.15) is 23.7 Å². The molecule has 220 valence electrons. The van der Waals surface area contributed by atoms with Crippen LogP contribution in [0.15, 0.2) is 36.4 Å². The number of carbonyl (C=O) groups is 2. The van der Waals surface area contributed by atoms with Crippen LogP contribution in [0.5, 0.6) is 0 Å². The van der Waals surface area contributed by atoms with E-state index in [0.717, 1.165) is 12.8 Å². The molecule has 4 atom stereocenters. The predicted molar refractivity (Wildman–Crippen MR) is 158 cm³/mol. The van der Waals surface area contributed by atoms with Crippen molar-refractivity contribution in [2.45, 2.75) is 71.3 Å². The largest absolute Gasteiger partial charge is 0.333 e. The number of hydrogen-bond donors (Lipinski definition) is 4. The summed E-state index contributed by atoms with van der Waals surface area (Å²) in [6, 6.07) is 3.88. The van der Waals surface area contributed by atoms with E-state index in [1.165, 1.54) is 24.3 Å². The summed E-state index contributed by atoms with van der Waals surface area (Å²) in [4.78, 5) is 25.9. The fraction of sp³-hybridized carbons (Fsp3) is 0.462. The van der Waals surface area contributed by atoms with Crippen molar-refractivity contribution in [3.63, 3.8) is 0 Å². The lowest BCUT2D eigenvalue weighted by Crippen LogP contribution is -2.58. The van der Waals surface area contributed by atoms with Gasteiger partial charge < -0.3 is 21.3 Å². The van der Waals surface area contributed by atoms with Gasteiger partial charge in [-0.05, 0) is 61.1 Å². The fourth-order valence-corrected chi connectivity index (χ4v) is 5.53. The number of nitrogens with one attached hydrogen (secondary N) is 4. The van der Waals surface area contributed by atoms with Crippen LogP contribution in [-0.2, 0) is 0 Å². The van der Waals surface area contributed by atoms with E-state index in [1.54, 1.807) is 26.0 Å². The minimum atomic E-state index is -1.98. The van der Waals surface area contributed by atoms with E-state index in [9.17, 15) is 18.4 Å². The van der Waals surface area contributed by atoms with Gasteiger partial charge in [0.2, 0.25) is 7.59 Å². The molecular weight excluding hydrogens is 651 g/mol. The molecule has 14 heteroatoms. The average Bonchev–Trinajstić information content (AvgIpc) is 2.84. The second-order valence-corrected chi connectivity index (χ2v) is 14.4. The number of aryl methyl sites for hydroxylation is 2. The van der Waals surface area contributed by atoms with Gasteiger partial charge in [-0.1, -0.05) is 107 Å². The van der Waals surface area contributed by atoms with E-state index in [-0.39, 0.29) is 11.1 Å². The Kier molecular flexibility index (Phi) is 11.3. The monoisotopic (exact) mass is 676 g/mol. The second-order valence-electron chi connectivity index (χ2n) is 9.70. The smallest absolute Gasteiger partial charge is 0.315 e. The molecule has 1 saturated carbocycles. The third kappa shape index (κ3) is 9.04. The number of alkyl halides is 6. The van der Waals surface area contributed by atoms with Crippen molar-refractivity contribution >= 4 is 81.7 Å². The number of carbonyl (C=O) groups excluding carboxylic acids is 2. The standard InChI is InChI=1S/C26H28Cl6F2N4O2/c1-13-7-9-15(11-17(13)33)21(25(27,28)29)37-23(39)35-19-5-3-4-6-20(19)36-24(40)38-22(26(30,31)32)16-10-8-14(2)18(34)12-16/h7-12,19-22H,3-6H2,1-2H3,(H2,35,37,39)(H2,36,38,40)/t19-,20-,21-,22+/m1/s1. The highest BCUT2D eigenvalue weighted by molar-refractivity contribution is 6.68. The van der Waals surface area contributed by atoms with Gasteiger partial charge in [-0.2, -0.15) is 0 Å². The third-order valence-electron chi connectivity index (χ3n) is 6.66. The highest BCUT2D eigenvalue weighted by Crippen LogP contribution is 2.41. The number of amides is 4. The first-order valence-electron chi connectivity index (χ1n) is 12.4. The molecule has 6 nitrogen and oxygen atoms in total. The molecule has 0 bridgehead atoms. The van der Waals surface area contributed by atoms with Crippen molar-refractivity contribution in [3.05, 3.63) is 70.3 Å². The number of halogens is 8. The highest BCUT2D eigenvalue weighted by atomic mass is 35.6. The topological polar surface area (TPSA) is 82.3 Å². The van der Waals surface area contributed by atoms with Crippen LogP contribution in [0.25, 0.3) is 0 Å². The number of hydrogen-bond acceptors (Lipinski definition) is 2. The van der Waals surface area contributed by atoms with Gasteiger partial charge in [0.15, 0.2) is 0 Å². The second kappa shape index (κ2) is 13.7. The van der Waals surface area contributed by atoms with E-state index in [0.29, 0.717) is 24.0 Å². The summed E-state index contributed by atoms with van der Waals surface area (Å²) >= 11 is 36.7. The fourth-order valence-electron chi connectivity index (χ4n) is 4.44. The van der Waals surface area contributed by atoms with E-state index in [1.807, 2.05) is 0 Å². The maximum absolute atomic E-state index is 14.2. The molecule has 4 amide bonds. The normalized spacial score (nSPS) is 19.4. The highest BCUT2D eigenvalue weighted by Gasteiger charge is 2.38. The molecule has 0 aromatic heterocycles. The Bertz CT molecular complexity index is 1130. The van der Waals surface area contributed by atoms with Crippen LogP contribution in [-0.4, -0.2) is 31.7 Å². The lowest BCUT2D eigenvalue weighted by molar-refractivity contribution is 0.210. The summed E-state index contributed by atoms with van der Waals surface area (Å²) in [6.07, 6.45) is 2.68. The maximum Gasteiger partial charge on any atom is 0.315 e. The predicted octanol–water partition coefficient (Wildman–Crippen LogP) is 8.01. The summed E-state index contributed by atoms with van der Waals surface area (Å²) in [7, 11) is 0. The minimum absolute atomic E-state index is 0.265. The zero-order valence-electron chi connectivity index (χ0n) is 21.4. The quantitative estimate of drug-likeness (QED) is 0.234. The maximum atomic E-state index is 14.2. The summed E-state index contributed by atoms with van der Waals surface area (Å²) in [5.74, 6) is -1.02. The zero-order valence-corrected chi connectivity index (χ0v) is 26.0. The Balaban J connectivity index is 1.70. The third-order valence-corrected chi connectivity index (χ3v) is 7.97. The molecule has 1 aliphatic carbocycles. The van der Waals surface area contributed by atoms with Crippen LogP contribution in [0.2, 0.25) is 0 Å². The van der Waals surface area contributed by atoms with Crippen molar-refractivity contribution in [1.29, 1.82) is 0 Å². The van der Waals surface area contributed by atoms with Crippen molar-refractivity contribution in [2.24, 2.45) is 0 Å². The first kappa shape index (κ1) is 33.1. The lowest BCUT2D eigenvalue weighted by Gasteiger charge is -2.35. The van der Waals surface area contributed by atoms with Gasteiger partial charge in [-0.3, -0.25) is 0 Å². The number of rotatable bonds is 6. The van der Waals surface area contributed by atoms with E-state index in [4.69, 9.17) is 69.6 Å². The SMILES string of the molecule is Cc1ccc([C@@H](NC(=O)N[C@@H]2CCCC[C@H]2NC(=O)N[C@@H](c2ccc(C)c(F)c2)C(Cl)(Cl)Cl)C(Cl)(Cl)Cl)cc1F. The van der Waals surface area contributed by atoms with Crippen LogP contribution >= 0.6 is 69.6 Å². The molecule has 0 spiro atoms. The van der Waals surface area contributed by atoms with Crippen LogP contribution < -0.4 is 21.3 Å². The molecule has 1 aliphatic rings. The summed E-state index contributed by atoms with van der Waals surface area (Å²) in [5, 5.41) is 10.8. The molecule has 2 aromatic carbocycles. The average molecular weight is 679 g/mol. The van der Waals surface area contributed by atoms with Crippen LogP contribution in [0, 0.1) is 25.5 Å². The number of benzene rings is 2. The molecular formula is C26H28Cl6F2N4O2. The van der Waals surface area contributed by atoms with Gasteiger partial charge in [0.05, 0.1) is 12.1 Å². The summed E-state index contributed by atoms with van der Waals surface area (Å²) in [6.45, 7) is 3.18. The van der Waals surface area contributed by atoms with Crippen molar-refractivity contribution < 1.29 is 18.4 Å². The molecule has 0 radical (unpaired) electrons. The molecule has 4 N–H and O–H groups in total. The Labute approximate surface area is 261 Å². The Morgan fingerprint density at radius 1 is 0.725 bits per heavy atom. The van der Waals surface area contributed by atoms with Crippen LogP contribution in [0.3, 0.4) is 0 Å². The van der Waals surface area contributed by atoms with Crippen molar-refractivity contribution in [1.82, 2.24) is 21.3 Å². The van der Waals surface area contributed by atoms with E-state index in [2.05, 4.69) is 21.3 Å². The Hall–Kier alpha value is -1.42. The first-order chi connectivity index (χ1) is 18.6. The minimum Gasteiger partial charge on any atom is -0.333 e. The molecule has 3 rings (SSSR count). The molecule has 0 heterocycles. The number of urea groups is 2. The Morgan fingerprint density at radius 3 is 1.38 bits per heavy atom. The van der Waals surface area contributed by atoms with E-state index >= 15 is 0 Å². The van der Waals surface area contributed by atoms with Crippen LogP contribution in [0.4, 0.5) is 18.4 Å². The van der Waals surface area contributed by atoms with Gasteiger partial charge in [-0.25, -0.2) is 18.4 Å². The van der Waals surface area contributed by atoms with Gasteiger partial charge in [-0.15, -0.1) is 0 Å². The van der Waals surface area contributed by atoms with E-state index < -0.39 is 55.4 Å². The van der Waals surface area contributed by atoms with Crippen molar-refractivity contribution in [2.75, 3.05) is 0 Å².